The smallest absolute Gasteiger partial charge is 0.313 e. The summed E-state index contributed by atoms with van der Waals surface area (Å²) in [7, 11) is 0. The summed E-state index contributed by atoms with van der Waals surface area (Å²) in [4.78, 5) is 38.2. The number of hydrogen-bond acceptors (Lipinski definition) is 5. The highest BCUT2D eigenvalue weighted by Gasteiger charge is 2.32. The Morgan fingerprint density at radius 3 is 2.86 bits per heavy atom. The van der Waals surface area contributed by atoms with Gasteiger partial charge in [0, 0.05) is 18.8 Å². The van der Waals surface area contributed by atoms with E-state index in [0.29, 0.717) is 18.5 Å². The van der Waals surface area contributed by atoms with Crippen molar-refractivity contribution in [3.8, 4) is 0 Å². The zero-order chi connectivity index (χ0) is 19.7. The van der Waals surface area contributed by atoms with Crippen LogP contribution in [0.2, 0.25) is 0 Å². The summed E-state index contributed by atoms with van der Waals surface area (Å²) in [6.45, 7) is 0.937. The van der Waals surface area contributed by atoms with Gasteiger partial charge in [-0.3, -0.25) is 14.4 Å². The Kier molecular flexibility index (Phi) is 5.15. The van der Waals surface area contributed by atoms with Crippen LogP contribution in [0.25, 0.3) is 0 Å². The Hall–Kier alpha value is -2.71. The summed E-state index contributed by atoms with van der Waals surface area (Å²) < 4.78 is 0. The van der Waals surface area contributed by atoms with Crippen LogP contribution in [0.4, 0.5) is 11.4 Å². The number of carbonyl (C=O) groups is 3. The monoisotopic (exact) mass is 399 g/mol. The fourth-order valence-corrected chi connectivity index (χ4v) is 4.48. The molecule has 0 saturated heterocycles. The first-order valence-corrected chi connectivity index (χ1v) is 10.2. The number of nitrogens with one attached hydrogen (secondary N) is 2. The number of amides is 3. The van der Waals surface area contributed by atoms with Crippen LogP contribution in [0.3, 0.4) is 0 Å². The number of aliphatic hydroxyl groups excluding tert-OH is 1. The zero-order valence-electron chi connectivity index (χ0n) is 15.2. The molecule has 28 heavy (non-hydrogen) atoms. The summed E-state index contributed by atoms with van der Waals surface area (Å²) in [5.41, 5.74) is 4.24. The van der Waals surface area contributed by atoms with Gasteiger partial charge >= 0.3 is 11.8 Å². The molecule has 1 aromatic carbocycles. The van der Waals surface area contributed by atoms with E-state index < -0.39 is 17.9 Å². The summed E-state index contributed by atoms with van der Waals surface area (Å²) in [5, 5.41) is 18.9. The van der Waals surface area contributed by atoms with Gasteiger partial charge in [-0.05, 0) is 64.9 Å². The second-order valence-electron chi connectivity index (χ2n) is 7.04. The SMILES string of the molecule is O=C(NCCC(O)c1ccsc1)C(=O)Nc1cc2c3c(c1)CC(=O)N3CCC2. The van der Waals surface area contributed by atoms with Gasteiger partial charge in [0.25, 0.3) is 0 Å². The molecule has 3 heterocycles. The van der Waals surface area contributed by atoms with Crippen LogP contribution < -0.4 is 15.5 Å². The molecule has 2 aliphatic heterocycles. The second kappa shape index (κ2) is 7.73. The molecule has 0 spiro atoms. The molecule has 2 aliphatic rings. The first kappa shape index (κ1) is 18.6. The van der Waals surface area contributed by atoms with Crippen LogP contribution in [0, 0.1) is 0 Å². The lowest BCUT2D eigenvalue weighted by atomic mass is 9.99. The summed E-state index contributed by atoms with van der Waals surface area (Å²) in [5.74, 6) is -1.42. The molecule has 7 nitrogen and oxygen atoms in total. The standard InChI is InChI=1S/C20H21N3O4S/c24-16(13-4-7-28-11-13)3-5-21-19(26)20(27)22-15-8-12-2-1-6-23-17(25)10-14(9-15)18(12)23/h4,7-9,11,16,24H,1-3,5-6,10H2,(H,21,26)(H,22,27). The van der Waals surface area contributed by atoms with Gasteiger partial charge in [-0.2, -0.15) is 11.3 Å². The van der Waals surface area contributed by atoms with E-state index in [1.165, 1.54) is 11.3 Å². The number of hydrogen-bond donors (Lipinski definition) is 3. The first-order valence-electron chi connectivity index (χ1n) is 9.28. The van der Waals surface area contributed by atoms with E-state index in [9.17, 15) is 19.5 Å². The topological polar surface area (TPSA) is 98.7 Å². The van der Waals surface area contributed by atoms with E-state index >= 15 is 0 Å². The van der Waals surface area contributed by atoms with Gasteiger partial charge in [-0.15, -0.1) is 0 Å². The summed E-state index contributed by atoms with van der Waals surface area (Å²) in [6.07, 6.45) is 1.74. The van der Waals surface area contributed by atoms with Crippen LogP contribution in [-0.2, 0) is 27.2 Å². The normalized spacial score (nSPS) is 15.9. The van der Waals surface area contributed by atoms with Crippen LogP contribution in [0.15, 0.2) is 29.0 Å². The number of nitrogens with zero attached hydrogens (tertiary/aromatic N) is 1. The molecule has 1 atom stereocenters. The Bertz CT molecular complexity index is 926. The van der Waals surface area contributed by atoms with Crippen molar-refractivity contribution in [2.75, 3.05) is 23.3 Å². The molecule has 0 radical (unpaired) electrons. The lowest BCUT2D eigenvalue weighted by molar-refractivity contribution is -0.136. The van der Waals surface area contributed by atoms with Gasteiger partial charge in [-0.25, -0.2) is 0 Å². The molecule has 1 aromatic heterocycles. The van der Waals surface area contributed by atoms with E-state index in [4.69, 9.17) is 0 Å². The van der Waals surface area contributed by atoms with Crippen molar-refractivity contribution < 1.29 is 19.5 Å². The highest BCUT2D eigenvalue weighted by Crippen LogP contribution is 2.38. The fraction of sp³-hybridized carbons (Fsp3) is 0.350. The van der Waals surface area contributed by atoms with E-state index in [-0.39, 0.29) is 12.5 Å². The summed E-state index contributed by atoms with van der Waals surface area (Å²) >= 11 is 1.49. The van der Waals surface area contributed by atoms with Gasteiger partial charge in [0.1, 0.15) is 0 Å². The number of rotatable bonds is 5. The molecule has 3 N–H and O–H groups in total. The van der Waals surface area contributed by atoms with Crippen molar-refractivity contribution >= 4 is 40.4 Å². The van der Waals surface area contributed by atoms with E-state index in [2.05, 4.69) is 10.6 Å². The number of aryl methyl sites for hydroxylation is 1. The fourth-order valence-electron chi connectivity index (χ4n) is 3.77. The van der Waals surface area contributed by atoms with Gasteiger partial charge in [0.15, 0.2) is 0 Å². The first-order chi connectivity index (χ1) is 13.5. The van der Waals surface area contributed by atoms with Gasteiger partial charge in [0.05, 0.1) is 18.2 Å². The molecule has 0 bridgehead atoms. The number of carbonyl (C=O) groups excluding carboxylic acids is 3. The quantitative estimate of drug-likeness (QED) is 0.667. The highest BCUT2D eigenvalue weighted by atomic mass is 32.1. The van der Waals surface area contributed by atoms with Gasteiger partial charge in [0.2, 0.25) is 5.91 Å². The molecule has 3 amide bonds. The predicted octanol–water partition coefficient (Wildman–Crippen LogP) is 1.76. The maximum absolute atomic E-state index is 12.2. The molecular formula is C20H21N3O4S. The van der Waals surface area contributed by atoms with E-state index in [1.807, 2.05) is 27.8 Å². The van der Waals surface area contributed by atoms with Crippen molar-refractivity contribution in [3.05, 3.63) is 45.6 Å². The summed E-state index contributed by atoms with van der Waals surface area (Å²) in [6, 6.07) is 5.44. The van der Waals surface area contributed by atoms with Crippen LogP contribution >= 0.6 is 11.3 Å². The average Bonchev–Trinajstić information content (AvgIpc) is 3.31. The van der Waals surface area contributed by atoms with Gasteiger partial charge < -0.3 is 20.6 Å². The Morgan fingerprint density at radius 2 is 2.07 bits per heavy atom. The Balaban J connectivity index is 1.34. The van der Waals surface area contributed by atoms with Crippen molar-refractivity contribution in [3.63, 3.8) is 0 Å². The Morgan fingerprint density at radius 1 is 1.25 bits per heavy atom. The third-order valence-corrected chi connectivity index (χ3v) is 5.81. The average molecular weight is 399 g/mol. The molecule has 4 rings (SSSR count). The van der Waals surface area contributed by atoms with Crippen LogP contribution in [0.1, 0.15) is 35.6 Å². The predicted molar refractivity (Wildman–Crippen MR) is 106 cm³/mol. The van der Waals surface area contributed by atoms with Crippen LogP contribution in [-0.4, -0.2) is 35.9 Å². The Labute approximate surface area is 166 Å². The molecular weight excluding hydrogens is 378 g/mol. The molecule has 0 fully saturated rings. The number of anilines is 2. The number of aliphatic hydroxyl groups is 1. The van der Waals surface area contributed by atoms with Crippen molar-refractivity contribution in [1.82, 2.24) is 5.32 Å². The largest absolute Gasteiger partial charge is 0.388 e. The van der Waals surface area contributed by atoms with Gasteiger partial charge in [-0.1, -0.05) is 0 Å². The third kappa shape index (κ3) is 3.65. The molecule has 0 aliphatic carbocycles. The lowest BCUT2D eigenvalue weighted by Gasteiger charge is -2.26. The molecule has 1 unspecified atom stereocenters. The second-order valence-corrected chi connectivity index (χ2v) is 7.82. The van der Waals surface area contributed by atoms with Crippen molar-refractivity contribution in [2.24, 2.45) is 0 Å². The van der Waals surface area contributed by atoms with Crippen LogP contribution in [0.5, 0.6) is 0 Å². The molecule has 146 valence electrons. The van der Waals surface area contributed by atoms with Crippen molar-refractivity contribution in [1.29, 1.82) is 0 Å². The van der Waals surface area contributed by atoms with E-state index in [0.717, 1.165) is 41.8 Å². The number of benzene rings is 1. The lowest BCUT2D eigenvalue weighted by Crippen LogP contribution is -2.36. The minimum absolute atomic E-state index is 0.0846. The highest BCUT2D eigenvalue weighted by molar-refractivity contribution is 7.07. The molecule has 2 aromatic rings. The molecule has 0 saturated carbocycles. The third-order valence-electron chi connectivity index (χ3n) is 5.10. The number of thiophene rings is 1. The maximum atomic E-state index is 12.2. The maximum Gasteiger partial charge on any atom is 0.313 e. The van der Waals surface area contributed by atoms with E-state index in [1.54, 1.807) is 6.07 Å². The minimum Gasteiger partial charge on any atom is -0.388 e. The minimum atomic E-state index is -0.755. The van der Waals surface area contributed by atoms with Crippen molar-refractivity contribution in [2.45, 2.75) is 31.8 Å². The molecule has 8 heteroatoms. The zero-order valence-corrected chi connectivity index (χ0v) is 16.1.